The maximum atomic E-state index is 14.7. The van der Waals surface area contributed by atoms with Crippen molar-refractivity contribution in [1.29, 1.82) is 0 Å². The zero-order valence-electron chi connectivity index (χ0n) is 17.0. The first-order chi connectivity index (χ1) is 14.5. The molecular formula is C23H23ClFN5. The third-order valence-corrected chi connectivity index (χ3v) is 6.20. The minimum Gasteiger partial charge on any atom is -0.324 e. The van der Waals surface area contributed by atoms with E-state index >= 15 is 0 Å². The third-order valence-electron chi connectivity index (χ3n) is 5.94. The van der Waals surface area contributed by atoms with Gasteiger partial charge in [-0.1, -0.05) is 36.7 Å². The average Bonchev–Trinajstić information content (AvgIpc) is 3.07. The highest BCUT2D eigenvalue weighted by Crippen LogP contribution is 2.42. The van der Waals surface area contributed by atoms with Crippen molar-refractivity contribution in [2.24, 2.45) is 0 Å². The number of benzene rings is 2. The Kier molecular flexibility index (Phi) is 4.83. The van der Waals surface area contributed by atoms with Crippen molar-refractivity contribution in [2.75, 3.05) is 30.4 Å². The molecule has 0 saturated heterocycles. The van der Waals surface area contributed by atoms with Gasteiger partial charge in [-0.2, -0.15) is 4.98 Å². The van der Waals surface area contributed by atoms with E-state index in [2.05, 4.69) is 51.2 Å². The molecule has 0 bridgehead atoms. The molecule has 30 heavy (non-hydrogen) atoms. The predicted molar refractivity (Wildman–Crippen MR) is 119 cm³/mol. The van der Waals surface area contributed by atoms with E-state index in [1.165, 1.54) is 5.56 Å². The monoisotopic (exact) mass is 423 g/mol. The topological polar surface area (TPSA) is 44.3 Å². The van der Waals surface area contributed by atoms with Gasteiger partial charge in [-0.05, 0) is 48.4 Å². The molecule has 1 unspecified atom stereocenters. The number of para-hydroxylation sites is 1. The number of fused-ring (bicyclic) bond motifs is 2. The lowest BCUT2D eigenvalue weighted by atomic mass is 9.99. The molecular weight excluding hydrogens is 401 g/mol. The molecule has 2 aliphatic heterocycles. The fourth-order valence-corrected chi connectivity index (χ4v) is 4.56. The summed E-state index contributed by atoms with van der Waals surface area (Å²) in [5.74, 6) is 1.04. The molecule has 1 atom stereocenters. The SMILES string of the molecule is CC1CN(c2nc(Nc3cc4c(cc3F)CCN(C)C4)ncc2Cl)c2ccccc21. The van der Waals surface area contributed by atoms with Crippen LogP contribution in [0.3, 0.4) is 0 Å². The van der Waals surface area contributed by atoms with Crippen LogP contribution in [0.25, 0.3) is 0 Å². The third kappa shape index (κ3) is 3.40. The van der Waals surface area contributed by atoms with Crippen LogP contribution in [0.4, 0.5) is 27.5 Å². The van der Waals surface area contributed by atoms with Crippen molar-refractivity contribution in [3.63, 3.8) is 0 Å². The summed E-state index contributed by atoms with van der Waals surface area (Å²) >= 11 is 6.46. The van der Waals surface area contributed by atoms with Crippen molar-refractivity contribution in [3.05, 3.63) is 70.1 Å². The fraction of sp³-hybridized carbons (Fsp3) is 0.304. The van der Waals surface area contributed by atoms with Crippen LogP contribution in [-0.2, 0) is 13.0 Å². The average molecular weight is 424 g/mol. The maximum absolute atomic E-state index is 14.7. The molecule has 0 fully saturated rings. The van der Waals surface area contributed by atoms with Crippen molar-refractivity contribution in [2.45, 2.75) is 25.8 Å². The van der Waals surface area contributed by atoms with Crippen LogP contribution < -0.4 is 10.2 Å². The van der Waals surface area contributed by atoms with Crippen molar-refractivity contribution in [3.8, 4) is 0 Å². The minimum atomic E-state index is -0.293. The zero-order chi connectivity index (χ0) is 20.8. The lowest BCUT2D eigenvalue weighted by molar-refractivity contribution is 0.312. The normalized spacial score (nSPS) is 18.3. The summed E-state index contributed by atoms with van der Waals surface area (Å²) in [7, 11) is 2.07. The summed E-state index contributed by atoms with van der Waals surface area (Å²) in [6.45, 7) is 4.72. The molecule has 0 radical (unpaired) electrons. The Balaban J connectivity index is 1.48. The van der Waals surface area contributed by atoms with Crippen LogP contribution in [0.1, 0.15) is 29.5 Å². The van der Waals surface area contributed by atoms with Crippen molar-refractivity contribution >= 4 is 34.7 Å². The van der Waals surface area contributed by atoms with Crippen LogP contribution in [0.5, 0.6) is 0 Å². The summed E-state index contributed by atoms with van der Waals surface area (Å²) in [4.78, 5) is 13.3. The Labute approximate surface area is 180 Å². The van der Waals surface area contributed by atoms with E-state index in [1.807, 2.05) is 18.2 Å². The Bertz CT molecular complexity index is 1120. The number of hydrogen-bond acceptors (Lipinski definition) is 5. The van der Waals surface area contributed by atoms with E-state index in [4.69, 9.17) is 11.6 Å². The number of nitrogens with one attached hydrogen (secondary N) is 1. The van der Waals surface area contributed by atoms with Gasteiger partial charge in [0.2, 0.25) is 5.95 Å². The first-order valence-corrected chi connectivity index (χ1v) is 10.5. The molecule has 154 valence electrons. The highest BCUT2D eigenvalue weighted by Gasteiger charge is 2.28. The number of anilines is 4. The van der Waals surface area contributed by atoms with Gasteiger partial charge in [0.25, 0.3) is 0 Å². The molecule has 0 saturated carbocycles. The molecule has 5 nitrogen and oxygen atoms in total. The van der Waals surface area contributed by atoms with Crippen molar-refractivity contribution < 1.29 is 4.39 Å². The summed E-state index contributed by atoms with van der Waals surface area (Å²) in [6, 6.07) is 11.8. The second-order valence-corrected chi connectivity index (χ2v) is 8.56. The second-order valence-electron chi connectivity index (χ2n) is 8.15. The van der Waals surface area contributed by atoms with Gasteiger partial charge >= 0.3 is 0 Å². The van der Waals surface area contributed by atoms with Gasteiger partial charge in [0.15, 0.2) is 5.82 Å². The number of nitrogens with zero attached hydrogens (tertiary/aromatic N) is 4. The van der Waals surface area contributed by atoms with E-state index in [0.29, 0.717) is 28.4 Å². The largest absolute Gasteiger partial charge is 0.324 e. The van der Waals surface area contributed by atoms with Crippen LogP contribution in [0.15, 0.2) is 42.6 Å². The summed E-state index contributed by atoms with van der Waals surface area (Å²) < 4.78 is 14.7. The number of hydrogen-bond donors (Lipinski definition) is 1. The highest BCUT2D eigenvalue weighted by molar-refractivity contribution is 6.33. The van der Waals surface area contributed by atoms with Gasteiger partial charge in [0.05, 0.1) is 11.9 Å². The Hall–Kier alpha value is -2.70. The van der Waals surface area contributed by atoms with Crippen LogP contribution in [0, 0.1) is 5.82 Å². The number of halogens is 2. The molecule has 2 aliphatic rings. The van der Waals surface area contributed by atoms with Gasteiger partial charge in [-0.15, -0.1) is 0 Å². The van der Waals surface area contributed by atoms with Crippen LogP contribution in [-0.4, -0.2) is 35.0 Å². The lowest BCUT2D eigenvalue weighted by Crippen LogP contribution is -2.26. The van der Waals surface area contributed by atoms with E-state index in [9.17, 15) is 4.39 Å². The second kappa shape index (κ2) is 7.52. The minimum absolute atomic E-state index is 0.293. The molecule has 0 amide bonds. The maximum Gasteiger partial charge on any atom is 0.229 e. The molecule has 1 aromatic heterocycles. The summed E-state index contributed by atoms with van der Waals surface area (Å²) in [6.07, 6.45) is 2.43. The molecule has 0 aliphatic carbocycles. The van der Waals surface area contributed by atoms with Gasteiger partial charge in [-0.25, -0.2) is 9.37 Å². The van der Waals surface area contributed by atoms with E-state index < -0.39 is 0 Å². The van der Waals surface area contributed by atoms with E-state index in [-0.39, 0.29) is 5.82 Å². The number of rotatable bonds is 3. The Morgan fingerprint density at radius 3 is 2.90 bits per heavy atom. The van der Waals surface area contributed by atoms with Gasteiger partial charge in [0.1, 0.15) is 10.8 Å². The molecule has 3 heterocycles. The molecule has 0 spiro atoms. The molecule has 2 aromatic carbocycles. The first kappa shape index (κ1) is 19.3. The van der Waals surface area contributed by atoms with Gasteiger partial charge in [0, 0.05) is 31.2 Å². The Morgan fingerprint density at radius 2 is 2.03 bits per heavy atom. The van der Waals surface area contributed by atoms with Crippen LogP contribution in [0.2, 0.25) is 5.02 Å². The highest BCUT2D eigenvalue weighted by atomic mass is 35.5. The van der Waals surface area contributed by atoms with E-state index in [1.54, 1.807) is 12.3 Å². The number of aromatic nitrogens is 2. The zero-order valence-corrected chi connectivity index (χ0v) is 17.7. The van der Waals surface area contributed by atoms with Gasteiger partial charge in [-0.3, -0.25) is 0 Å². The van der Waals surface area contributed by atoms with E-state index in [0.717, 1.165) is 42.9 Å². The molecule has 7 heteroatoms. The smallest absolute Gasteiger partial charge is 0.229 e. The molecule has 3 aromatic rings. The fourth-order valence-electron chi connectivity index (χ4n) is 4.37. The molecule has 5 rings (SSSR count). The van der Waals surface area contributed by atoms with Crippen molar-refractivity contribution in [1.82, 2.24) is 14.9 Å². The quantitative estimate of drug-likeness (QED) is 0.622. The first-order valence-electron chi connectivity index (χ1n) is 10.2. The predicted octanol–water partition coefficient (Wildman–Crippen LogP) is 5.26. The van der Waals surface area contributed by atoms with Crippen LogP contribution >= 0.6 is 11.6 Å². The molecule has 1 N–H and O–H groups in total. The number of likely N-dealkylation sites (N-methyl/N-ethyl adjacent to an activating group) is 1. The Morgan fingerprint density at radius 1 is 1.20 bits per heavy atom. The summed E-state index contributed by atoms with van der Waals surface area (Å²) in [5.41, 5.74) is 4.94. The van der Waals surface area contributed by atoms with Gasteiger partial charge < -0.3 is 15.1 Å². The summed E-state index contributed by atoms with van der Waals surface area (Å²) in [5, 5.41) is 3.53. The standard InChI is InChI=1S/C23H23ClFN5/c1-14-12-30(21-6-4-3-5-17(14)21)22-18(24)11-26-23(28-22)27-20-10-16-13-29(2)8-7-15(16)9-19(20)25/h3-6,9-11,14H,7-8,12-13H2,1-2H3,(H,26,27,28). The lowest BCUT2D eigenvalue weighted by Gasteiger charge is -2.25.